The zero-order chi connectivity index (χ0) is 52.7. The van der Waals surface area contributed by atoms with Gasteiger partial charge < -0.3 is 69.9 Å². The van der Waals surface area contributed by atoms with E-state index in [1.54, 1.807) is 18.3 Å². The number of Topliss-reactive ketones (excluding diaryl/α,β-unsaturated/α-hetero) is 4. The fraction of sp³-hybridized carbons (Fsp3) is 0.565. The number of aliphatic hydroxyl groups excluding tert-OH is 1. The molecule has 0 fully saturated rings. The van der Waals surface area contributed by atoms with E-state index in [1.807, 2.05) is 12.1 Å². The van der Waals surface area contributed by atoms with E-state index in [-0.39, 0.29) is 82.2 Å². The maximum atomic E-state index is 14.0. The Labute approximate surface area is 405 Å². The first kappa shape index (κ1) is 58.9. The number of carboxylic acids is 1. The highest BCUT2D eigenvalue weighted by molar-refractivity contribution is 5.98. The van der Waals surface area contributed by atoms with Gasteiger partial charge in [0.05, 0.1) is 18.7 Å². The first-order valence-corrected chi connectivity index (χ1v) is 23.0. The summed E-state index contributed by atoms with van der Waals surface area (Å²) in [6, 6.07) is 1.95. The highest BCUT2D eigenvalue weighted by Crippen LogP contribution is 2.21. The topological polar surface area (TPSA) is 430 Å². The van der Waals surface area contributed by atoms with E-state index in [1.165, 1.54) is 27.7 Å². The smallest absolute Gasteiger partial charge is 0.326 e. The summed E-state index contributed by atoms with van der Waals surface area (Å²) in [5, 5.41) is 30.9. The summed E-state index contributed by atoms with van der Waals surface area (Å²) >= 11 is 0. The van der Waals surface area contributed by atoms with E-state index in [0.29, 0.717) is 5.56 Å². The van der Waals surface area contributed by atoms with E-state index in [0.717, 1.165) is 10.9 Å². The number of fused-ring (bicyclic) bond motifs is 1. The molecule has 5 amide bonds. The molecule has 0 saturated carbocycles. The van der Waals surface area contributed by atoms with Crippen LogP contribution in [-0.2, 0) is 54.4 Å². The minimum Gasteiger partial charge on any atom is -0.480 e. The lowest BCUT2D eigenvalue weighted by Crippen LogP contribution is -2.49. The van der Waals surface area contributed by atoms with Crippen LogP contribution in [0.2, 0.25) is 0 Å². The maximum absolute atomic E-state index is 14.0. The molecule has 0 aliphatic heterocycles. The van der Waals surface area contributed by atoms with Crippen molar-refractivity contribution in [3.8, 4) is 0 Å². The number of ketones is 4. The van der Waals surface area contributed by atoms with Crippen LogP contribution < -0.4 is 49.9 Å². The lowest BCUT2D eigenvalue weighted by atomic mass is 9.90. The molecule has 2 aromatic rings. The molecule has 2 rings (SSSR count). The third-order valence-corrected chi connectivity index (χ3v) is 11.4. The van der Waals surface area contributed by atoms with Gasteiger partial charge in [-0.1, -0.05) is 39.0 Å². The average Bonchev–Trinajstić information content (AvgIpc) is 3.69. The molecule has 386 valence electrons. The fourth-order valence-corrected chi connectivity index (χ4v) is 7.44. The number of hydrogen-bond acceptors (Lipinski definition) is 13. The van der Waals surface area contributed by atoms with Crippen LogP contribution in [0.3, 0.4) is 0 Å². The SMILES string of the molecule is CC(=O)C[C@@H](C)C(=O)N[C@@H](CCCN=C(N)N)C(=O)C[C@@H](CCC(N)=O)C(=O)N[C@@H](CCCN=C(N)N)C(=O)C[C@@H](C)C(=O)N[C@@H](CO)C(=O)C[C@@H](C)C(=O)N[C@@H](Cc1c[nH]c2ccccc12)C(=O)O. The largest absolute Gasteiger partial charge is 0.480 e. The summed E-state index contributed by atoms with van der Waals surface area (Å²) in [5.74, 6) is -12.0. The molecular formula is C46H70N12O12. The van der Waals surface area contributed by atoms with Crippen LogP contribution in [0.5, 0.6) is 0 Å². The quantitative estimate of drug-likeness (QED) is 0.0215. The number of nitrogens with two attached hydrogens (primary N) is 5. The van der Waals surface area contributed by atoms with Crippen LogP contribution >= 0.6 is 0 Å². The van der Waals surface area contributed by atoms with E-state index in [2.05, 4.69) is 36.2 Å². The molecule has 1 heterocycles. The number of aliphatic hydroxyl groups is 1. The monoisotopic (exact) mass is 983 g/mol. The molecular weight excluding hydrogens is 913 g/mol. The van der Waals surface area contributed by atoms with E-state index < -0.39 is 127 Å². The van der Waals surface area contributed by atoms with Crippen molar-refractivity contribution in [1.82, 2.24) is 26.3 Å². The van der Waals surface area contributed by atoms with Crippen molar-refractivity contribution in [2.75, 3.05) is 19.7 Å². The van der Waals surface area contributed by atoms with Gasteiger partial charge in [-0.15, -0.1) is 0 Å². The van der Waals surface area contributed by atoms with Crippen LogP contribution in [-0.4, -0.2) is 130 Å². The van der Waals surface area contributed by atoms with Crippen molar-refractivity contribution < 1.29 is 58.2 Å². The van der Waals surface area contributed by atoms with Crippen molar-refractivity contribution in [3.63, 3.8) is 0 Å². The highest BCUT2D eigenvalue weighted by atomic mass is 16.4. The zero-order valence-electron chi connectivity index (χ0n) is 40.2. The molecule has 8 atom stereocenters. The van der Waals surface area contributed by atoms with E-state index >= 15 is 0 Å². The van der Waals surface area contributed by atoms with Crippen molar-refractivity contribution in [2.45, 2.75) is 122 Å². The predicted octanol–water partition coefficient (Wildman–Crippen LogP) is -1.52. The molecule has 1 aromatic heterocycles. The number of nitrogens with zero attached hydrogens (tertiary/aromatic N) is 2. The van der Waals surface area contributed by atoms with Crippen molar-refractivity contribution in [1.29, 1.82) is 0 Å². The highest BCUT2D eigenvalue weighted by Gasteiger charge is 2.34. The molecule has 0 unspecified atom stereocenters. The summed E-state index contributed by atoms with van der Waals surface area (Å²) < 4.78 is 0. The molecule has 1 aromatic carbocycles. The number of carbonyl (C=O) groups excluding carboxylic acids is 9. The first-order chi connectivity index (χ1) is 32.9. The Morgan fingerprint density at radius 3 is 1.56 bits per heavy atom. The second-order valence-electron chi connectivity index (χ2n) is 17.5. The number of aromatic nitrogens is 1. The number of amides is 5. The number of H-pyrrole nitrogens is 1. The Balaban J connectivity index is 2.21. The minimum absolute atomic E-state index is 0.0432. The Morgan fingerprint density at radius 2 is 1.07 bits per heavy atom. The summed E-state index contributed by atoms with van der Waals surface area (Å²) in [7, 11) is 0. The maximum Gasteiger partial charge on any atom is 0.326 e. The Hall–Kier alpha value is -7.24. The van der Waals surface area contributed by atoms with E-state index in [9.17, 15) is 58.2 Å². The van der Waals surface area contributed by atoms with Crippen molar-refractivity contribution in [2.24, 2.45) is 62.3 Å². The van der Waals surface area contributed by atoms with Gasteiger partial charge in [-0.05, 0) is 50.7 Å². The summed E-state index contributed by atoms with van der Waals surface area (Å²) in [4.78, 5) is 141. The second-order valence-corrected chi connectivity index (χ2v) is 17.5. The molecule has 0 spiro atoms. The molecule has 17 N–H and O–H groups in total. The normalized spacial score (nSPS) is 14.5. The first-order valence-electron chi connectivity index (χ1n) is 23.0. The van der Waals surface area contributed by atoms with Gasteiger partial charge in [0.1, 0.15) is 17.9 Å². The second kappa shape index (κ2) is 29.6. The molecule has 24 heteroatoms. The number of carboxylic acid groups (broad SMARTS) is 1. The number of hydrogen-bond donors (Lipinski definition) is 12. The molecule has 24 nitrogen and oxygen atoms in total. The number of carbonyl (C=O) groups is 10. The third kappa shape index (κ3) is 21.0. The molecule has 0 bridgehead atoms. The molecule has 0 saturated heterocycles. The van der Waals surface area contributed by atoms with Crippen molar-refractivity contribution >= 4 is 81.5 Å². The molecule has 0 radical (unpaired) electrons. The molecule has 0 aliphatic carbocycles. The summed E-state index contributed by atoms with van der Waals surface area (Å²) in [6.45, 7) is 4.87. The van der Waals surface area contributed by atoms with Crippen molar-refractivity contribution in [3.05, 3.63) is 36.0 Å². The van der Waals surface area contributed by atoms with Gasteiger partial charge in [0.25, 0.3) is 0 Å². The Bertz CT molecular complexity index is 2240. The summed E-state index contributed by atoms with van der Waals surface area (Å²) in [6.07, 6.45) is -0.154. The van der Waals surface area contributed by atoms with Gasteiger partial charge in [0.15, 0.2) is 29.3 Å². The fourth-order valence-electron chi connectivity index (χ4n) is 7.44. The number of rotatable bonds is 34. The number of para-hydroxylation sites is 1. The predicted molar refractivity (Wildman–Crippen MR) is 258 cm³/mol. The minimum atomic E-state index is -1.50. The lowest BCUT2D eigenvalue weighted by Gasteiger charge is -2.25. The number of aliphatic carboxylic acids is 1. The average molecular weight is 983 g/mol. The standard InChI is InChI=1S/C46H70N12O12/c1-24(17-27(4)60)40(65)55-33(12-8-16-53-46(50)51)38(63)21-28(13-14-39(47)64)43(68)56-32(11-7-15-52-45(48)49)36(61)18-25(2)42(67)58-35(23-59)37(62)19-26(3)41(66)57-34(44(69)70)20-29-22-54-31-10-6-5-9-30(29)31/h5-6,9-10,22,24-26,28,32-35,54,59H,7-8,11-21,23H2,1-4H3,(H2,47,64)(H,55,65)(H,56,68)(H,57,66)(H,58,67)(H,69,70)(H4,48,49,52)(H4,50,51,53)/t24-,25-,26-,28-,32+,33+,34+,35+/m1/s1. The van der Waals surface area contributed by atoms with E-state index in [4.69, 9.17) is 28.7 Å². The molecule has 70 heavy (non-hydrogen) atoms. The number of aromatic amines is 1. The van der Waals surface area contributed by atoms with Gasteiger partial charge in [-0.2, -0.15) is 0 Å². The number of guanidine groups is 2. The number of nitrogens with one attached hydrogen (secondary N) is 5. The number of primary amides is 1. The van der Waals surface area contributed by atoms with Gasteiger partial charge in [-0.3, -0.25) is 48.3 Å². The lowest BCUT2D eigenvalue weighted by molar-refractivity contribution is -0.142. The van der Waals surface area contributed by atoms with Crippen LogP contribution in [0.15, 0.2) is 40.4 Å². The van der Waals surface area contributed by atoms with Gasteiger partial charge >= 0.3 is 5.97 Å². The van der Waals surface area contributed by atoms with Crippen LogP contribution in [0.4, 0.5) is 0 Å². The Kier molecular flexibility index (Phi) is 24.9. The third-order valence-electron chi connectivity index (χ3n) is 11.4. The number of aliphatic imine (C=N–C) groups is 2. The van der Waals surface area contributed by atoms with Gasteiger partial charge in [-0.25, -0.2) is 4.79 Å². The van der Waals surface area contributed by atoms with Gasteiger partial charge in [0.2, 0.25) is 29.5 Å². The zero-order valence-corrected chi connectivity index (χ0v) is 40.2. The Morgan fingerprint density at radius 1 is 0.614 bits per heavy atom. The van der Waals surface area contributed by atoms with Crippen LogP contribution in [0.1, 0.15) is 97.5 Å². The van der Waals surface area contributed by atoms with Crippen LogP contribution in [0.25, 0.3) is 10.9 Å². The molecule has 0 aliphatic rings. The van der Waals surface area contributed by atoms with Gasteiger partial charge in [0, 0.05) is 92.4 Å². The summed E-state index contributed by atoms with van der Waals surface area (Å²) in [5.41, 5.74) is 28.6. The number of benzene rings is 1. The van der Waals surface area contributed by atoms with Crippen LogP contribution in [0, 0.1) is 23.7 Å².